The summed E-state index contributed by atoms with van der Waals surface area (Å²) < 4.78 is 28.4. The summed E-state index contributed by atoms with van der Waals surface area (Å²) in [5, 5.41) is 83.7. The van der Waals surface area contributed by atoms with E-state index in [-0.39, 0.29) is 22.3 Å². The van der Waals surface area contributed by atoms with Crippen LogP contribution in [-0.2, 0) is 14.2 Å². The van der Waals surface area contributed by atoms with Crippen molar-refractivity contribution < 1.29 is 64.2 Å². The summed E-state index contributed by atoms with van der Waals surface area (Å²) in [5.41, 5.74) is -0.891. The third kappa shape index (κ3) is 5.21. The number of methoxy groups -OCH3 is 1. The van der Waals surface area contributed by atoms with Gasteiger partial charge in [0.2, 0.25) is 0 Å². The molecule has 0 amide bonds. The first-order valence-electron chi connectivity index (χ1n) is 13.1. The van der Waals surface area contributed by atoms with Crippen LogP contribution in [0.1, 0.15) is 18.6 Å². The second kappa shape index (κ2) is 11.8. The van der Waals surface area contributed by atoms with Crippen LogP contribution in [0.5, 0.6) is 17.2 Å². The molecular formula is C28H32O14. The van der Waals surface area contributed by atoms with Gasteiger partial charge in [-0.05, 0) is 31.2 Å². The van der Waals surface area contributed by atoms with Crippen LogP contribution in [0.2, 0.25) is 0 Å². The minimum absolute atomic E-state index is 0.0333. The second-order valence-corrected chi connectivity index (χ2v) is 10.3. The van der Waals surface area contributed by atoms with Gasteiger partial charge in [0.05, 0.1) is 25.4 Å². The molecule has 0 saturated carbocycles. The molecule has 228 valence electrons. The number of aliphatic hydroxyl groups is 6. The number of rotatable bonds is 6. The number of aliphatic hydroxyl groups excluding tert-OH is 6. The Bertz CT molecular complexity index is 1470. The third-order valence-corrected chi connectivity index (χ3v) is 7.62. The van der Waals surface area contributed by atoms with Gasteiger partial charge in [0, 0.05) is 17.7 Å². The van der Waals surface area contributed by atoms with Gasteiger partial charge < -0.3 is 64.2 Å². The van der Waals surface area contributed by atoms with Crippen molar-refractivity contribution in [2.75, 3.05) is 13.7 Å². The van der Waals surface area contributed by atoms with Crippen molar-refractivity contribution >= 4 is 11.0 Å². The Morgan fingerprint density at radius 2 is 1.55 bits per heavy atom. The van der Waals surface area contributed by atoms with E-state index < -0.39 is 84.8 Å². The third-order valence-electron chi connectivity index (χ3n) is 7.62. The predicted octanol–water partition coefficient (Wildman–Crippen LogP) is -0.754. The van der Waals surface area contributed by atoms with Gasteiger partial charge in [0.1, 0.15) is 77.2 Å². The molecule has 10 atom stereocenters. The molecule has 1 aromatic heterocycles. The fourth-order valence-electron chi connectivity index (χ4n) is 5.25. The van der Waals surface area contributed by atoms with E-state index in [1.54, 1.807) is 24.3 Å². The van der Waals surface area contributed by atoms with Crippen molar-refractivity contribution in [2.24, 2.45) is 0 Å². The van der Waals surface area contributed by atoms with Crippen LogP contribution in [0, 0.1) is 0 Å². The van der Waals surface area contributed by atoms with E-state index in [4.69, 9.17) is 23.4 Å². The van der Waals surface area contributed by atoms with Crippen molar-refractivity contribution in [1.29, 1.82) is 0 Å². The van der Waals surface area contributed by atoms with Gasteiger partial charge in [-0.1, -0.05) is 0 Å². The number of hydrogen-bond donors (Lipinski definition) is 8. The zero-order valence-electron chi connectivity index (χ0n) is 22.5. The predicted molar refractivity (Wildman–Crippen MR) is 142 cm³/mol. The summed E-state index contributed by atoms with van der Waals surface area (Å²) in [6.07, 6.45) is -15.9. The van der Waals surface area contributed by atoms with E-state index in [1.165, 1.54) is 14.0 Å². The monoisotopic (exact) mass is 592 g/mol. The summed E-state index contributed by atoms with van der Waals surface area (Å²) in [5.74, 6) is -0.699. The molecule has 14 nitrogen and oxygen atoms in total. The molecule has 0 unspecified atom stereocenters. The van der Waals surface area contributed by atoms with Gasteiger partial charge in [-0.25, -0.2) is 0 Å². The Kier molecular flexibility index (Phi) is 8.44. The van der Waals surface area contributed by atoms with Crippen molar-refractivity contribution in [3.05, 3.63) is 52.2 Å². The standard InChI is InChI=1S/C28H32O14/c1-10-20(33)22(35)24(37)28(39-10)42-27-23(36)21(34)17(9-29)41-26(27)19-14(31)7-13(30)18-15(32)8-16(40-25(18)19)11-3-5-12(38-2)6-4-11/h3-8,10,17,20-24,26-31,33-37H,9H2,1-2H3/t10-,17-,20+,21+,22-,23+,24+,26+,27+,28+/m1/s1. The highest BCUT2D eigenvalue weighted by Crippen LogP contribution is 2.45. The smallest absolute Gasteiger partial charge is 0.197 e. The first kappa shape index (κ1) is 30.2. The number of fused-ring (bicyclic) bond motifs is 1. The lowest BCUT2D eigenvalue weighted by atomic mass is 9.89. The Balaban J connectivity index is 1.66. The molecule has 0 spiro atoms. The van der Waals surface area contributed by atoms with Crippen LogP contribution >= 0.6 is 0 Å². The number of aromatic hydroxyl groups is 2. The highest BCUT2D eigenvalue weighted by Gasteiger charge is 2.51. The van der Waals surface area contributed by atoms with E-state index in [0.29, 0.717) is 11.3 Å². The quantitative estimate of drug-likeness (QED) is 0.176. The van der Waals surface area contributed by atoms with Gasteiger partial charge in [-0.3, -0.25) is 4.79 Å². The Morgan fingerprint density at radius 3 is 2.19 bits per heavy atom. The first-order valence-corrected chi connectivity index (χ1v) is 13.1. The zero-order chi connectivity index (χ0) is 30.5. The maximum Gasteiger partial charge on any atom is 0.197 e. The van der Waals surface area contributed by atoms with E-state index in [0.717, 1.165) is 12.1 Å². The SMILES string of the molecule is COc1ccc(-c2cc(=O)c3c(O)cc(O)c([C@@H]4O[C@H](CO)[C@H](O)[C@H](O)[C@@H]4O[C@@H]4O[C@H](C)[C@H](O)[C@@H](O)[C@@H]4O)c3o2)cc1. The lowest BCUT2D eigenvalue weighted by Crippen LogP contribution is -2.61. The highest BCUT2D eigenvalue weighted by atomic mass is 16.7. The fraction of sp³-hybridized carbons (Fsp3) is 0.464. The van der Waals surface area contributed by atoms with Gasteiger partial charge in [-0.15, -0.1) is 0 Å². The highest BCUT2D eigenvalue weighted by molar-refractivity contribution is 5.89. The molecule has 0 aliphatic carbocycles. The molecule has 3 aromatic rings. The lowest BCUT2D eigenvalue weighted by molar-refractivity contribution is -0.338. The summed E-state index contributed by atoms with van der Waals surface area (Å²) in [6.45, 7) is 0.635. The molecule has 2 aromatic carbocycles. The molecule has 0 radical (unpaired) electrons. The number of ether oxygens (including phenoxy) is 4. The largest absolute Gasteiger partial charge is 0.507 e. The molecule has 5 rings (SSSR count). The van der Waals surface area contributed by atoms with Crippen LogP contribution in [0.25, 0.3) is 22.3 Å². The van der Waals surface area contributed by atoms with Crippen molar-refractivity contribution in [1.82, 2.24) is 0 Å². The molecule has 8 N–H and O–H groups in total. The molecule has 42 heavy (non-hydrogen) atoms. The van der Waals surface area contributed by atoms with Gasteiger partial charge in [-0.2, -0.15) is 0 Å². The summed E-state index contributed by atoms with van der Waals surface area (Å²) in [6, 6.07) is 8.47. The Morgan fingerprint density at radius 1 is 0.857 bits per heavy atom. The van der Waals surface area contributed by atoms with E-state index in [2.05, 4.69) is 0 Å². The number of phenolic OH excluding ortho intramolecular Hbond substituents is 2. The van der Waals surface area contributed by atoms with Crippen LogP contribution in [0.4, 0.5) is 0 Å². The van der Waals surface area contributed by atoms with Crippen LogP contribution in [0.15, 0.2) is 45.6 Å². The van der Waals surface area contributed by atoms with Crippen LogP contribution < -0.4 is 10.2 Å². The zero-order valence-corrected chi connectivity index (χ0v) is 22.5. The number of hydrogen-bond acceptors (Lipinski definition) is 14. The van der Waals surface area contributed by atoms with Crippen molar-refractivity contribution in [3.63, 3.8) is 0 Å². The molecule has 2 fully saturated rings. The van der Waals surface area contributed by atoms with Gasteiger partial charge in [0.15, 0.2) is 17.3 Å². The minimum atomic E-state index is -1.84. The Hall–Kier alpha value is -3.31. The summed E-state index contributed by atoms with van der Waals surface area (Å²) in [4.78, 5) is 13.2. The summed E-state index contributed by atoms with van der Waals surface area (Å²) >= 11 is 0. The topological polar surface area (TPSA) is 229 Å². The van der Waals surface area contributed by atoms with E-state index in [9.17, 15) is 45.6 Å². The van der Waals surface area contributed by atoms with Crippen LogP contribution in [0.3, 0.4) is 0 Å². The van der Waals surface area contributed by atoms with Gasteiger partial charge >= 0.3 is 0 Å². The lowest BCUT2D eigenvalue weighted by Gasteiger charge is -2.46. The fourth-order valence-corrected chi connectivity index (χ4v) is 5.25. The second-order valence-electron chi connectivity index (χ2n) is 10.3. The molecule has 2 aliphatic heterocycles. The van der Waals surface area contributed by atoms with Gasteiger partial charge in [0.25, 0.3) is 0 Å². The average Bonchev–Trinajstić information content (AvgIpc) is 2.97. The van der Waals surface area contributed by atoms with Crippen molar-refractivity contribution in [3.8, 4) is 28.6 Å². The molecule has 3 heterocycles. The maximum atomic E-state index is 13.2. The van der Waals surface area contributed by atoms with Crippen LogP contribution in [-0.4, -0.2) is 110 Å². The number of phenols is 2. The number of benzene rings is 2. The van der Waals surface area contributed by atoms with Crippen molar-refractivity contribution in [2.45, 2.75) is 68.1 Å². The average molecular weight is 593 g/mol. The first-order chi connectivity index (χ1) is 20.0. The molecular weight excluding hydrogens is 560 g/mol. The normalized spacial score (nSPS) is 33.5. The maximum absolute atomic E-state index is 13.2. The van der Waals surface area contributed by atoms with E-state index in [1.807, 2.05) is 0 Å². The summed E-state index contributed by atoms with van der Waals surface area (Å²) in [7, 11) is 1.48. The molecule has 2 saturated heterocycles. The minimum Gasteiger partial charge on any atom is -0.507 e. The molecule has 2 aliphatic rings. The molecule has 14 heteroatoms. The Labute approximate surface area is 238 Å². The molecule has 0 bridgehead atoms. The van der Waals surface area contributed by atoms with E-state index >= 15 is 0 Å².